The van der Waals surface area contributed by atoms with Gasteiger partial charge in [-0.3, -0.25) is 9.69 Å². The minimum atomic E-state index is -0.543. The van der Waals surface area contributed by atoms with Gasteiger partial charge in [-0.2, -0.15) is 0 Å². The maximum absolute atomic E-state index is 12.7. The van der Waals surface area contributed by atoms with E-state index in [1.807, 2.05) is 18.2 Å². The van der Waals surface area contributed by atoms with E-state index in [0.717, 1.165) is 43.6 Å². The van der Waals surface area contributed by atoms with Gasteiger partial charge in [0.15, 0.2) is 18.1 Å². The molecule has 2 aliphatic heterocycles. The van der Waals surface area contributed by atoms with Crippen molar-refractivity contribution in [2.75, 3.05) is 20.3 Å². The molecule has 2 heterocycles. The number of methoxy groups -OCH3 is 1. The van der Waals surface area contributed by atoms with Crippen LogP contribution in [0.1, 0.15) is 31.2 Å². The number of aliphatic imine (C=N–C) groups is 1. The van der Waals surface area contributed by atoms with Crippen LogP contribution in [0.15, 0.2) is 59.2 Å². The average molecular weight is 420 g/mol. The number of rotatable bonds is 6. The lowest BCUT2D eigenvalue weighted by Crippen LogP contribution is -2.31. The highest BCUT2D eigenvalue weighted by Gasteiger charge is 2.30. The molecule has 7 nitrogen and oxygen atoms in total. The number of fused-ring (bicyclic) bond motifs is 1. The Hall–Kier alpha value is -3.61. The first kappa shape index (κ1) is 20.7. The van der Waals surface area contributed by atoms with Crippen molar-refractivity contribution in [2.45, 2.75) is 25.7 Å². The Balaban J connectivity index is 1.45. The SMILES string of the molecule is COc1cc(C=C2N=C3CCCCCN3C2=O)ccc1OC(=O)COc1ccccc1. The third kappa shape index (κ3) is 4.94. The molecule has 0 N–H and O–H groups in total. The summed E-state index contributed by atoms with van der Waals surface area (Å²) in [6, 6.07) is 14.1. The Labute approximate surface area is 180 Å². The van der Waals surface area contributed by atoms with Gasteiger partial charge in [0.25, 0.3) is 5.91 Å². The number of hydrogen-bond donors (Lipinski definition) is 0. The Morgan fingerprint density at radius 2 is 1.94 bits per heavy atom. The summed E-state index contributed by atoms with van der Waals surface area (Å²) in [7, 11) is 1.49. The smallest absolute Gasteiger partial charge is 0.349 e. The summed E-state index contributed by atoms with van der Waals surface area (Å²) in [5, 5.41) is 0. The second-order valence-corrected chi connectivity index (χ2v) is 7.31. The molecule has 160 valence electrons. The minimum absolute atomic E-state index is 0.0653. The molecule has 0 aliphatic carbocycles. The van der Waals surface area contributed by atoms with Crippen LogP contribution in [-0.4, -0.2) is 42.9 Å². The predicted molar refractivity (Wildman–Crippen MR) is 116 cm³/mol. The molecule has 0 saturated carbocycles. The molecule has 4 rings (SSSR count). The van der Waals surface area contributed by atoms with Crippen LogP contribution in [0.25, 0.3) is 6.08 Å². The highest BCUT2D eigenvalue weighted by Crippen LogP contribution is 2.30. The number of esters is 1. The normalized spacial score (nSPS) is 17.1. The lowest BCUT2D eigenvalue weighted by molar-refractivity contribution is -0.136. The van der Waals surface area contributed by atoms with E-state index >= 15 is 0 Å². The lowest BCUT2D eigenvalue weighted by atomic mass is 10.1. The van der Waals surface area contributed by atoms with Crippen LogP contribution in [0.3, 0.4) is 0 Å². The number of amidine groups is 1. The van der Waals surface area contributed by atoms with Gasteiger partial charge in [0.2, 0.25) is 0 Å². The Morgan fingerprint density at radius 3 is 2.74 bits per heavy atom. The molecule has 2 aromatic rings. The summed E-state index contributed by atoms with van der Waals surface area (Å²) >= 11 is 0. The molecule has 0 aromatic heterocycles. The molecule has 2 aromatic carbocycles. The Bertz CT molecular complexity index is 1030. The Kier molecular flexibility index (Phi) is 6.31. The van der Waals surface area contributed by atoms with Crippen molar-refractivity contribution < 1.29 is 23.8 Å². The largest absolute Gasteiger partial charge is 0.493 e. The fourth-order valence-electron chi connectivity index (χ4n) is 3.58. The van der Waals surface area contributed by atoms with E-state index < -0.39 is 5.97 Å². The van der Waals surface area contributed by atoms with Crippen LogP contribution in [-0.2, 0) is 9.59 Å². The zero-order valence-electron chi connectivity index (χ0n) is 17.4. The molecular formula is C24H24N2O5. The van der Waals surface area contributed by atoms with Crippen molar-refractivity contribution in [3.8, 4) is 17.2 Å². The molecule has 0 radical (unpaired) electrons. The first-order valence-corrected chi connectivity index (χ1v) is 10.3. The standard InChI is InChI=1S/C24H24N2O5/c1-29-21-15-17(14-19-24(28)26-13-7-3-6-10-22(26)25-19)11-12-20(21)31-23(27)16-30-18-8-4-2-5-9-18/h2,4-5,8-9,11-12,14-15H,3,6-7,10,13,16H2,1H3. The minimum Gasteiger partial charge on any atom is -0.493 e. The maximum Gasteiger partial charge on any atom is 0.349 e. The third-order valence-electron chi connectivity index (χ3n) is 5.12. The number of benzene rings is 2. The maximum atomic E-state index is 12.7. The molecule has 1 saturated heterocycles. The van der Waals surface area contributed by atoms with Gasteiger partial charge in [-0.05, 0) is 48.7 Å². The van der Waals surface area contributed by atoms with E-state index in [4.69, 9.17) is 14.2 Å². The van der Waals surface area contributed by atoms with Gasteiger partial charge in [-0.1, -0.05) is 30.7 Å². The third-order valence-corrected chi connectivity index (χ3v) is 5.12. The van der Waals surface area contributed by atoms with E-state index in [1.165, 1.54) is 7.11 Å². The Morgan fingerprint density at radius 1 is 1.10 bits per heavy atom. The highest BCUT2D eigenvalue weighted by atomic mass is 16.6. The number of hydrogen-bond acceptors (Lipinski definition) is 6. The summed E-state index contributed by atoms with van der Waals surface area (Å²) in [4.78, 5) is 31.1. The zero-order chi connectivity index (χ0) is 21.6. The van der Waals surface area contributed by atoms with Crippen molar-refractivity contribution in [2.24, 2.45) is 4.99 Å². The average Bonchev–Trinajstić information content (AvgIpc) is 2.94. The molecule has 1 fully saturated rings. The van der Waals surface area contributed by atoms with Crippen molar-refractivity contribution in [3.63, 3.8) is 0 Å². The number of carbonyl (C=O) groups is 2. The first-order chi connectivity index (χ1) is 15.1. The van der Waals surface area contributed by atoms with Gasteiger partial charge in [-0.15, -0.1) is 0 Å². The van der Waals surface area contributed by atoms with Crippen LogP contribution in [0, 0.1) is 0 Å². The van der Waals surface area contributed by atoms with Crippen LogP contribution in [0.4, 0.5) is 0 Å². The van der Waals surface area contributed by atoms with Crippen LogP contribution >= 0.6 is 0 Å². The molecule has 1 amide bonds. The number of carbonyl (C=O) groups excluding carboxylic acids is 2. The van der Waals surface area contributed by atoms with Crippen molar-refractivity contribution in [1.29, 1.82) is 0 Å². The van der Waals surface area contributed by atoms with Crippen LogP contribution in [0.5, 0.6) is 17.2 Å². The van der Waals surface area contributed by atoms with E-state index in [9.17, 15) is 9.59 Å². The second kappa shape index (κ2) is 9.47. The predicted octanol–water partition coefficient (Wildman–Crippen LogP) is 3.84. The van der Waals surface area contributed by atoms with Crippen molar-refractivity contribution in [1.82, 2.24) is 4.90 Å². The summed E-state index contributed by atoms with van der Waals surface area (Å²) in [6.45, 7) is 0.499. The summed E-state index contributed by atoms with van der Waals surface area (Å²) in [6.07, 6.45) is 5.73. The van der Waals surface area contributed by atoms with Gasteiger partial charge in [0.1, 0.15) is 17.3 Å². The molecule has 0 spiro atoms. The van der Waals surface area contributed by atoms with E-state index in [0.29, 0.717) is 17.2 Å². The van der Waals surface area contributed by atoms with Crippen molar-refractivity contribution >= 4 is 23.8 Å². The number of ether oxygens (including phenoxy) is 3. The molecule has 2 aliphatic rings. The molecule has 0 atom stereocenters. The fourth-order valence-corrected chi connectivity index (χ4v) is 3.58. The monoisotopic (exact) mass is 420 g/mol. The highest BCUT2D eigenvalue weighted by molar-refractivity contribution is 6.14. The van der Waals surface area contributed by atoms with Gasteiger partial charge >= 0.3 is 5.97 Å². The molecule has 31 heavy (non-hydrogen) atoms. The number of amides is 1. The fraction of sp³-hybridized carbons (Fsp3) is 0.292. The van der Waals surface area contributed by atoms with Gasteiger partial charge in [0, 0.05) is 13.0 Å². The summed E-state index contributed by atoms with van der Waals surface area (Å²) in [5.74, 6) is 1.50. The van der Waals surface area contributed by atoms with Crippen molar-refractivity contribution in [3.05, 3.63) is 59.8 Å². The second-order valence-electron chi connectivity index (χ2n) is 7.31. The molecular weight excluding hydrogens is 396 g/mol. The quantitative estimate of drug-likeness (QED) is 0.403. The first-order valence-electron chi connectivity index (χ1n) is 10.3. The van der Waals surface area contributed by atoms with E-state index in [-0.39, 0.29) is 18.3 Å². The van der Waals surface area contributed by atoms with E-state index in [1.54, 1.807) is 41.3 Å². The summed E-state index contributed by atoms with van der Waals surface area (Å²) in [5.41, 5.74) is 1.16. The van der Waals surface area contributed by atoms with Gasteiger partial charge in [-0.25, -0.2) is 9.79 Å². The van der Waals surface area contributed by atoms with Gasteiger partial charge < -0.3 is 14.2 Å². The molecule has 7 heteroatoms. The lowest BCUT2D eigenvalue weighted by Gasteiger charge is -2.14. The molecule has 0 unspecified atom stereocenters. The van der Waals surface area contributed by atoms with E-state index in [2.05, 4.69) is 4.99 Å². The zero-order valence-corrected chi connectivity index (χ0v) is 17.4. The summed E-state index contributed by atoms with van der Waals surface area (Å²) < 4.78 is 16.2. The molecule has 0 bridgehead atoms. The number of para-hydroxylation sites is 1. The number of nitrogens with zero attached hydrogens (tertiary/aromatic N) is 2. The van der Waals surface area contributed by atoms with Gasteiger partial charge in [0.05, 0.1) is 7.11 Å². The van der Waals surface area contributed by atoms with Crippen LogP contribution in [0.2, 0.25) is 0 Å². The topological polar surface area (TPSA) is 77.4 Å². The van der Waals surface area contributed by atoms with Crippen LogP contribution < -0.4 is 14.2 Å².